The number of alkyl halides is 1. The molecule has 2 atom stereocenters. The zero-order chi connectivity index (χ0) is 12.8. The second-order valence-electron chi connectivity index (χ2n) is 3.60. The molecule has 0 aromatic heterocycles. The first kappa shape index (κ1) is 13.3. The molecule has 0 aromatic rings. The van der Waals surface area contributed by atoms with E-state index in [0.29, 0.717) is 13.0 Å². The fraction of sp³-hybridized carbons (Fsp3) is 0.500. The van der Waals surface area contributed by atoms with Gasteiger partial charge < -0.3 is 11.1 Å². The molecule has 6 nitrogen and oxygen atoms in total. The third-order valence-electron chi connectivity index (χ3n) is 2.49. The molecule has 1 saturated heterocycles. The summed E-state index contributed by atoms with van der Waals surface area (Å²) in [4.78, 5) is 14.0. The lowest BCUT2D eigenvalue weighted by atomic mass is 10.1. The quantitative estimate of drug-likeness (QED) is 0.423. The third-order valence-corrected chi connectivity index (χ3v) is 2.49. The Morgan fingerprint density at radius 2 is 2.41 bits per heavy atom. The minimum absolute atomic E-state index is 0.0204. The fourth-order valence-electron chi connectivity index (χ4n) is 1.59. The van der Waals surface area contributed by atoms with E-state index in [9.17, 15) is 14.5 Å². The lowest BCUT2D eigenvalue weighted by Crippen LogP contribution is -2.41. The molecule has 0 bridgehead atoms. The van der Waals surface area contributed by atoms with Gasteiger partial charge in [-0.3, -0.25) is 15.1 Å². The van der Waals surface area contributed by atoms with Crippen LogP contribution in [-0.4, -0.2) is 35.9 Å². The number of rotatable bonds is 4. The number of nitrogens with two attached hydrogens (primary N) is 1. The van der Waals surface area contributed by atoms with Gasteiger partial charge in [-0.05, 0) is 19.0 Å². The van der Waals surface area contributed by atoms with Crippen LogP contribution in [0.3, 0.4) is 0 Å². The van der Waals surface area contributed by atoms with E-state index in [4.69, 9.17) is 5.73 Å². The van der Waals surface area contributed by atoms with E-state index in [0.717, 1.165) is 6.20 Å². The summed E-state index contributed by atoms with van der Waals surface area (Å²) < 4.78 is 13.5. The molecule has 1 aliphatic heterocycles. The van der Waals surface area contributed by atoms with Crippen molar-refractivity contribution in [3.8, 4) is 0 Å². The maximum absolute atomic E-state index is 13.5. The van der Waals surface area contributed by atoms with Crippen LogP contribution in [-0.2, 0) is 0 Å². The maximum Gasteiger partial charge on any atom is 0.309 e. The van der Waals surface area contributed by atoms with E-state index in [1.165, 1.54) is 6.08 Å². The topological polar surface area (TPSA) is 93.5 Å². The van der Waals surface area contributed by atoms with Crippen molar-refractivity contribution in [2.24, 2.45) is 10.7 Å². The van der Waals surface area contributed by atoms with Gasteiger partial charge in [-0.25, -0.2) is 4.39 Å². The fourth-order valence-corrected chi connectivity index (χ4v) is 1.59. The molecule has 1 aliphatic rings. The van der Waals surface area contributed by atoms with Crippen LogP contribution in [0.4, 0.5) is 4.39 Å². The molecule has 1 heterocycles. The van der Waals surface area contributed by atoms with Crippen LogP contribution in [0.25, 0.3) is 0 Å². The molecule has 3 N–H and O–H groups in total. The SMILES string of the molecule is C=CC(=NC1CCNCC1F)C(=CN)[N+](=O)[O-]. The number of aliphatic imine (C=N–C) groups is 1. The van der Waals surface area contributed by atoms with Gasteiger partial charge in [0, 0.05) is 6.54 Å². The van der Waals surface area contributed by atoms with Crippen molar-refractivity contribution in [1.82, 2.24) is 5.32 Å². The van der Waals surface area contributed by atoms with Crippen molar-refractivity contribution in [3.63, 3.8) is 0 Å². The Morgan fingerprint density at radius 3 is 2.88 bits per heavy atom. The van der Waals surface area contributed by atoms with Crippen LogP contribution >= 0.6 is 0 Å². The number of hydrogen-bond acceptors (Lipinski definition) is 5. The van der Waals surface area contributed by atoms with E-state index >= 15 is 0 Å². The molecular formula is C10H15FN4O2. The zero-order valence-electron chi connectivity index (χ0n) is 9.30. The summed E-state index contributed by atoms with van der Waals surface area (Å²) in [7, 11) is 0. The van der Waals surface area contributed by atoms with Gasteiger partial charge in [-0.2, -0.15) is 0 Å². The largest absolute Gasteiger partial charge is 0.399 e. The highest BCUT2D eigenvalue weighted by Crippen LogP contribution is 2.14. The van der Waals surface area contributed by atoms with E-state index in [-0.39, 0.29) is 18.0 Å². The van der Waals surface area contributed by atoms with Crippen LogP contribution in [0.15, 0.2) is 29.5 Å². The lowest BCUT2D eigenvalue weighted by molar-refractivity contribution is -0.415. The standard InChI is InChI=1S/C10H15FN4O2/c1-2-8(10(5-12)15(16)17)14-9-3-4-13-6-7(9)11/h2,5,7,9,13H,1,3-4,6,12H2. The molecule has 0 spiro atoms. The average Bonchev–Trinajstić information content (AvgIpc) is 2.30. The second kappa shape index (κ2) is 6.09. The van der Waals surface area contributed by atoms with E-state index in [1.807, 2.05) is 0 Å². The molecule has 0 amide bonds. The molecular weight excluding hydrogens is 227 g/mol. The molecule has 0 radical (unpaired) electrons. The monoisotopic (exact) mass is 242 g/mol. The van der Waals surface area contributed by atoms with Crippen molar-refractivity contribution in [3.05, 3.63) is 34.7 Å². The number of hydrogen-bond donors (Lipinski definition) is 2. The van der Waals surface area contributed by atoms with Crippen LogP contribution in [0.1, 0.15) is 6.42 Å². The summed E-state index contributed by atoms with van der Waals surface area (Å²) in [5.41, 5.74) is 4.82. The predicted molar refractivity (Wildman–Crippen MR) is 63.1 cm³/mol. The first-order valence-electron chi connectivity index (χ1n) is 5.21. The van der Waals surface area contributed by atoms with Gasteiger partial charge in [0.05, 0.1) is 17.2 Å². The summed E-state index contributed by atoms with van der Waals surface area (Å²) in [5.74, 6) is 0. The van der Waals surface area contributed by atoms with Crippen molar-refractivity contribution in [2.45, 2.75) is 18.6 Å². The summed E-state index contributed by atoms with van der Waals surface area (Å²) in [6, 6.07) is -0.584. The number of piperidine rings is 1. The average molecular weight is 242 g/mol. The van der Waals surface area contributed by atoms with E-state index in [1.54, 1.807) is 0 Å². The molecule has 0 aromatic carbocycles. The van der Waals surface area contributed by atoms with Gasteiger partial charge in [0.2, 0.25) is 0 Å². The first-order valence-corrected chi connectivity index (χ1v) is 5.21. The molecule has 17 heavy (non-hydrogen) atoms. The highest BCUT2D eigenvalue weighted by molar-refractivity contribution is 6.06. The Labute approximate surface area is 98.2 Å². The molecule has 1 fully saturated rings. The Kier molecular flexibility index (Phi) is 4.77. The minimum Gasteiger partial charge on any atom is -0.399 e. The minimum atomic E-state index is -1.15. The van der Waals surface area contributed by atoms with E-state index in [2.05, 4.69) is 16.9 Å². The predicted octanol–water partition coefficient (Wildman–Crippen LogP) is 0.390. The second-order valence-corrected chi connectivity index (χ2v) is 3.60. The van der Waals surface area contributed by atoms with Crippen LogP contribution in [0.5, 0.6) is 0 Å². The molecule has 2 unspecified atom stereocenters. The van der Waals surface area contributed by atoms with Crippen LogP contribution in [0.2, 0.25) is 0 Å². The Morgan fingerprint density at radius 1 is 1.71 bits per heavy atom. The van der Waals surface area contributed by atoms with Crippen molar-refractivity contribution in [1.29, 1.82) is 0 Å². The molecule has 0 saturated carbocycles. The van der Waals surface area contributed by atoms with Crippen molar-refractivity contribution >= 4 is 5.71 Å². The van der Waals surface area contributed by atoms with Crippen molar-refractivity contribution < 1.29 is 9.31 Å². The molecule has 0 aliphatic carbocycles. The highest BCUT2D eigenvalue weighted by Gasteiger charge is 2.26. The highest BCUT2D eigenvalue weighted by atomic mass is 19.1. The van der Waals surface area contributed by atoms with Crippen LogP contribution in [0, 0.1) is 10.1 Å². The summed E-state index contributed by atoms with van der Waals surface area (Å²) in [5, 5.41) is 13.6. The van der Waals surface area contributed by atoms with Gasteiger partial charge in [0.1, 0.15) is 11.9 Å². The Bertz CT molecular complexity index is 367. The first-order chi connectivity index (χ1) is 8.10. The Balaban J connectivity index is 2.92. The summed E-state index contributed by atoms with van der Waals surface area (Å²) >= 11 is 0. The number of nitrogens with one attached hydrogen (secondary N) is 1. The lowest BCUT2D eigenvalue weighted by Gasteiger charge is -2.23. The number of nitrogens with zero attached hydrogens (tertiary/aromatic N) is 2. The van der Waals surface area contributed by atoms with Gasteiger partial charge in [-0.15, -0.1) is 0 Å². The number of halogens is 1. The Hall–Kier alpha value is -1.76. The summed E-state index contributed by atoms with van der Waals surface area (Å²) in [6.07, 6.45) is 1.41. The third kappa shape index (κ3) is 3.35. The van der Waals surface area contributed by atoms with Crippen molar-refractivity contribution in [2.75, 3.05) is 13.1 Å². The molecule has 94 valence electrons. The number of allylic oxidation sites excluding steroid dienone is 1. The van der Waals surface area contributed by atoms with Gasteiger partial charge in [0.25, 0.3) is 0 Å². The number of nitro groups is 1. The van der Waals surface area contributed by atoms with Gasteiger partial charge in [0.15, 0.2) is 0 Å². The van der Waals surface area contributed by atoms with Crippen LogP contribution < -0.4 is 11.1 Å². The van der Waals surface area contributed by atoms with Gasteiger partial charge in [-0.1, -0.05) is 6.58 Å². The smallest absolute Gasteiger partial charge is 0.309 e. The molecule has 7 heteroatoms. The van der Waals surface area contributed by atoms with E-state index < -0.39 is 17.1 Å². The van der Waals surface area contributed by atoms with Gasteiger partial charge >= 0.3 is 5.70 Å². The zero-order valence-corrected chi connectivity index (χ0v) is 9.30. The maximum atomic E-state index is 13.5. The molecule has 1 rings (SSSR count). The normalized spacial score (nSPS) is 26.6. The summed E-state index contributed by atoms with van der Waals surface area (Å²) in [6.45, 7) is 4.28.